The first-order valence-electron chi connectivity index (χ1n) is 6.61. The summed E-state index contributed by atoms with van der Waals surface area (Å²) >= 11 is 1.05. The molecule has 0 amide bonds. The van der Waals surface area contributed by atoms with Gasteiger partial charge in [-0.25, -0.2) is 4.79 Å². The first-order valence-corrected chi connectivity index (χ1v) is 9.20. The van der Waals surface area contributed by atoms with Crippen molar-refractivity contribution in [2.75, 3.05) is 25.3 Å². The van der Waals surface area contributed by atoms with E-state index >= 15 is 0 Å². The molecule has 0 aliphatic heterocycles. The Morgan fingerprint density at radius 3 is 2.54 bits per heavy atom. The van der Waals surface area contributed by atoms with Crippen LogP contribution in [0.3, 0.4) is 0 Å². The molecule has 2 rings (SSSR count). The topological polar surface area (TPSA) is 98.7 Å². The number of hydrogen-bond acceptors (Lipinski definition) is 9. The molecule has 0 saturated heterocycles. The minimum absolute atomic E-state index is 0.126. The van der Waals surface area contributed by atoms with Gasteiger partial charge in [0.05, 0.1) is 13.4 Å². The predicted molar refractivity (Wildman–Crippen MR) is 89.8 cm³/mol. The van der Waals surface area contributed by atoms with Gasteiger partial charge in [0.25, 0.3) is 0 Å². The molecule has 1 heterocycles. The van der Waals surface area contributed by atoms with Crippen molar-refractivity contribution >= 4 is 32.8 Å². The Hall–Kier alpha value is -2.46. The van der Waals surface area contributed by atoms with E-state index in [1.807, 2.05) is 30.3 Å². The number of carbonyl (C=O) groups excluding carboxylic acids is 1. The van der Waals surface area contributed by atoms with Gasteiger partial charge in [0, 0.05) is 24.1 Å². The van der Waals surface area contributed by atoms with Crippen LogP contribution in [0.5, 0.6) is 0 Å². The Morgan fingerprint density at radius 1 is 1.29 bits per heavy atom. The second-order valence-corrected chi connectivity index (χ2v) is 6.95. The summed E-state index contributed by atoms with van der Waals surface area (Å²) in [5, 5.41) is 0.377. The molecule has 2 aromatic rings. The summed E-state index contributed by atoms with van der Waals surface area (Å²) in [6.45, 7) is 0. The number of likely N-dealkylation sites (N-methyl/N-ethyl adjacent to an activating group) is 1. The van der Waals surface area contributed by atoms with Gasteiger partial charge in [-0.05, 0) is 0 Å². The van der Waals surface area contributed by atoms with Crippen molar-refractivity contribution in [3.8, 4) is 11.4 Å². The fourth-order valence-electron chi connectivity index (χ4n) is 1.66. The summed E-state index contributed by atoms with van der Waals surface area (Å²) in [4.78, 5) is 17.6. The number of benzene rings is 1. The van der Waals surface area contributed by atoms with Crippen molar-refractivity contribution in [3.63, 3.8) is 0 Å². The Kier molecular flexibility index (Phi) is 5.52. The van der Waals surface area contributed by atoms with Gasteiger partial charge in [-0.3, -0.25) is 0 Å². The third-order valence-corrected chi connectivity index (χ3v) is 4.06. The van der Waals surface area contributed by atoms with E-state index in [0.29, 0.717) is 11.0 Å². The molecule has 0 atom stereocenters. The van der Waals surface area contributed by atoms with Gasteiger partial charge in [0.1, 0.15) is 6.26 Å². The van der Waals surface area contributed by atoms with Crippen molar-refractivity contribution in [1.29, 1.82) is 0 Å². The number of carbonyl (C=O) groups is 1. The van der Waals surface area contributed by atoms with E-state index in [2.05, 4.69) is 18.3 Å². The second-order valence-electron chi connectivity index (χ2n) is 4.62. The van der Waals surface area contributed by atoms with E-state index in [4.69, 9.17) is 0 Å². The number of methoxy groups -OCH3 is 1. The van der Waals surface area contributed by atoms with Crippen molar-refractivity contribution in [3.05, 3.63) is 42.3 Å². The minimum atomic E-state index is -3.76. The highest BCUT2D eigenvalue weighted by Gasteiger charge is 2.21. The number of aromatic nitrogens is 2. The first kappa shape index (κ1) is 17.9. The minimum Gasteiger partial charge on any atom is -0.464 e. The fourth-order valence-corrected chi connectivity index (χ4v) is 2.59. The largest absolute Gasteiger partial charge is 0.464 e. The number of ether oxygens (including phenoxy) is 1. The van der Waals surface area contributed by atoms with Crippen LogP contribution in [0.1, 0.15) is 0 Å². The van der Waals surface area contributed by atoms with E-state index in [-0.39, 0.29) is 5.70 Å². The monoisotopic (exact) mass is 369 g/mol. The molecule has 24 heavy (non-hydrogen) atoms. The molecule has 0 N–H and O–H groups in total. The molecule has 1 aromatic carbocycles. The maximum atomic E-state index is 11.9. The van der Waals surface area contributed by atoms with Gasteiger partial charge >= 0.3 is 16.1 Å². The molecule has 0 saturated carbocycles. The van der Waals surface area contributed by atoms with Crippen LogP contribution in [0, 0.1) is 0 Å². The fraction of sp³-hybridized carbons (Fsp3) is 0.214. The lowest BCUT2D eigenvalue weighted by Crippen LogP contribution is -2.24. The molecule has 1 aromatic heterocycles. The summed E-state index contributed by atoms with van der Waals surface area (Å²) < 4.78 is 35.7. The van der Waals surface area contributed by atoms with E-state index in [1.54, 1.807) is 0 Å². The van der Waals surface area contributed by atoms with Crippen molar-refractivity contribution in [2.45, 2.75) is 0 Å². The van der Waals surface area contributed by atoms with Gasteiger partial charge in [0.2, 0.25) is 5.13 Å². The summed E-state index contributed by atoms with van der Waals surface area (Å²) in [5.74, 6) is -0.270. The van der Waals surface area contributed by atoms with E-state index < -0.39 is 16.1 Å². The molecule has 8 nitrogen and oxygen atoms in total. The number of anilines is 1. The molecule has 10 heteroatoms. The highest BCUT2D eigenvalue weighted by molar-refractivity contribution is 7.86. The van der Waals surface area contributed by atoms with Crippen LogP contribution < -0.4 is 4.90 Å². The van der Waals surface area contributed by atoms with Crippen molar-refractivity contribution in [2.24, 2.45) is 0 Å². The van der Waals surface area contributed by atoms with Gasteiger partial charge in [-0.15, -0.1) is 0 Å². The van der Waals surface area contributed by atoms with Gasteiger partial charge in [-0.1, -0.05) is 30.3 Å². The Bertz CT molecular complexity index is 846. The molecule has 0 aliphatic carbocycles. The van der Waals surface area contributed by atoms with E-state index in [1.165, 1.54) is 19.1 Å². The van der Waals surface area contributed by atoms with Crippen LogP contribution in [0.2, 0.25) is 0 Å². The average molecular weight is 369 g/mol. The lowest BCUT2D eigenvalue weighted by molar-refractivity contribution is -0.136. The van der Waals surface area contributed by atoms with Crippen LogP contribution in [-0.2, 0) is 23.8 Å². The molecule has 0 unspecified atom stereocenters. The van der Waals surface area contributed by atoms with Crippen molar-refractivity contribution in [1.82, 2.24) is 9.36 Å². The summed E-state index contributed by atoms with van der Waals surface area (Å²) in [6, 6.07) is 9.31. The lowest BCUT2D eigenvalue weighted by atomic mass is 10.2. The summed E-state index contributed by atoms with van der Waals surface area (Å²) in [6.07, 6.45) is 1.68. The zero-order valence-electron chi connectivity index (χ0n) is 13.2. The summed E-state index contributed by atoms with van der Waals surface area (Å²) in [5.41, 5.74) is 0.697. The quantitative estimate of drug-likeness (QED) is 0.328. The Morgan fingerprint density at radius 2 is 1.96 bits per heavy atom. The standard InChI is InChI=1S/C14H15N3O5S2/c1-17(11(13(18)21-2)9-22-24(3,19)20)14-15-12(16-23-14)10-7-5-4-6-8-10/h4-9H,1-3H3. The number of rotatable bonds is 6. The Labute approximate surface area is 143 Å². The lowest BCUT2D eigenvalue weighted by Gasteiger charge is -2.16. The second kappa shape index (κ2) is 7.41. The van der Waals surface area contributed by atoms with Crippen LogP contribution in [0.25, 0.3) is 11.4 Å². The zero-order valence-corrected chi connectivity index (χ0v) is 14.8. The zero-order chi connectivity index (χ0) is 17.7. The van der Waals surface area contributed by atoms with Gasteiger partial charge in [0.15, 0.2) is 11.5 Å². The SMILES string of the molecule is COC(=O)C(=COS(C)(=O)=O)N(C)c1nc(-c2ccccc2)ns1. The Balaban J connectivity index is 2.31. The maximum Gasteiger partial charge on any atom is 0.358 e. The molecule has 0 spiro atoms. The summed E-state index contributed by atoms with van der Waals surface area (Å²) in [7, 11) is -1.05. The molecular weight excluding hydrogens is 354 g/mol. The van der Waals surface area contributed by atoms with Crippen LogP contribution >= 0.6 is 11.5 Å². The molecule has 0 aliphatic rings. The normalized spacial score (nSPS) is 11.9. The van der Waals surface area contributed by atoms with Crippen LogP contribution in [0.15, 0.2) is 42.3 Å². The number of hydrogen-bond donors (Lipinski definition) is 0. The predicted octanol–water partition coefficient (Wildman–Crippen LogP) is 1.63. The van der Waals surface area contributed by atoms with Gasteiger partial charge in [-0.2, -0.15) is 17.8 Å². The number of esters is 1. The molecular formula is C14H15N3O5S2. The molecule has 0 radical (unpaired) electrons. The third-order valence-electron chi connectivity index (χ3n) is 2.82. The molecule has 0 bridgehead atoms. The highest BCUT2D eigenvalue weighted by atomic mass is 32.2. The van der Waals surface area contributed by atoms with Gasteiger partial charge < -0.3 is 13.8 Å². The molecule has 128 valence electrons. The van der Waals surface area contributed by atoms with Crippen molar-refractivity contribution < 1.29 is 22.1 Å². The number of nitrogens with zero attached hydrogens (tertiary/aromatic N) is 3. The van der Waals surface area contributed by atoms with E-state index in [0.717, 1.165) is 29.6 Å². The first-order chi connectivity index (χ1) is 11.3. The van der Waals surface area contributed by atoms with Crippen LogP contribution in [-0.4, -0.2) is 44.2 Å². The highest BCUT2D eigenvalue weighted by Crippen LogP contribution is 2.25. The maximum absolute atomic E-state index is 11.9. The van der Waals surface area contributed by atoms with E-state index in [9.17, 15) is 13.2 Å². The molecule has 0 fully saturated rings. The average Bonchev–Trinajstić information content (AvgIpc) is 3.04. The smallest absolute Gasteiger partial charge is 0.358 e. The van der Waals surface area contributed by atoms with Crippen LogP contribution in [0.4, 0.5) is 5.13 Å². The third kappa shape index (κ3) is 4.52.